The van der Waals surface area contributed by atoms with Gasteiger partial charge in [-0.2, -0.15) is 5.10 Å². The van der Waals surface area contributed by atoms with Crippen molar-refractivity contribution < 1.29 is 0 Å². The molecule has 0 amide bonds. The summed E-state index contributed by atoms with van der Waals surface area (Å²) < 4.78 is 0. The van der Waals surface area contributed by atoms with Crippen LogP contribution in [0.2, 0.25) is 5.15 Å². The van der Waals surface area contributed by atoms with E-state index in [-0.39, 0.29) is 0 Å². The van der Waals surface area contributed by atoms with Gasteiger partial charge in [0, 0.05) is 19.2 Å². The van der Waals surface area contributed by atoms with Crippen LogP contribution in [0.25, 0.3) is 0 Å². The molecular weight excluding hydrogens is 210 g/mol. The molecule has 1 saturated heterocycles. The first-order chi connectivity index (χ1) is 7.15. The highest BCUT2D eigenvalue weighted by atomic mass is 35.5. The zero-order valence-corrected chi connectivity index (χ0v) is 9.91. The zero-order valence-electron chi connectivity index (χ0n) is 9.15. The molecule has 1 fully saturated rings. The molecule has 0 bridgehead atoms. The maximum atomic E-state index is 5.84. The first kappa shape index (κ1) is 10.7. The lowest BCUT2D eigenvalue weighted by molar-refractivity contribution is 0.356. The minimum Gasteiger partial charge on any atom is -0.370 e. The summed E-state index contributed by atoms with van der Waals surface area (Å²) in [6.07, 6.45) is 3.10. The Morgan fingerprint density at radius 1 is 1.33 bits per heavy atom. The molecule has 15 heavy (non-hydrogen) atoms. The van der Waals surface area contributed by atoms with Crippen molar-refractivity contribution >= 4 is 17.3 Å². The van der Waals surface area contributed by atoms with Crippen LogP contribution in [0.15, 0.2) is 12.3 Å². The standard InChI is InChI=1S/C11H16ClN3/c1-8-3-9(2)7-15(6-8)10-4-11(12)14-13-5-10/h4-5,8-9H,3,6-7H2,1-2H3. The Labute approximate surface area is 95.5 Å². The van der Waals surface area contributed by atoms with Gasteiger partial charge in [0.2, 0.25) is 0 Å². The van der Waals surface area contributed by atoms with Crippen LogP contribution in [0.3, 0.4) is 0 Å². The summed E-state index contributed by atoms with van der Waals surface area (Å²) in [5.41, 5.74) is 1.09. The summed E-state index contributed by atoms with van der Waals surface area (Å²) in [6.45, 7) is 6.76. The van der Waals surface area contributed by atoms with Gasteiger partial charge in [0.1, 0.15) is 0 Å². The van der Waals surface area contributed by atoms with Crippen LogP contribution in [-0.4, -0.2) is 23.3 Å². The van der Waals surface area contributed by atoms with Crippen LogP contribution in [-0.2, 0) is 0 Å². The van der Waals surface area contributed by atoms with Crippen molar-refractivity contribution in [2.24, 2.45) is 11.8 Å². The minimum atomic E-state index is 0.471. The highest BCUT2D eigenvalue weighted by Crippen LogP contribution is 2.26. The lowest BCUT2D eigenvalue weighted by atomic mass is 9.92. The van der Waals surface area contributed by atoms with E-state index >= 15 is 0 Å². The molecule has 1 aliphatic heterocycles. The van der Waals surface area contributed by atoms with Crippen LogP contribution in [0.5, 0.6) is 0 Å². The van der Waals surface area contributed by atoms with Crippen molar-refractivity contribution in [3.8, 4) is 0 Å². The van der Waals surface area contributed by atoms with E-state index < -0.39 is 0 Å². The second-order valence-electron chi connectivity index (χ2n) is 4.59. The molecular formula is C11H16ClN3. The summed E-state index contributed by atoms with van der Waals surface area (Å²) in [7, 11) is 0. The Balaban J connectivity index is 2.16. The van der Waals surface area contributed by atoms with Crippen molar-refractivity contribution in [1.29, 1.82) is 0 Å². The van der Waals surface area contributed by atoms with Gasteiger partial charge in [-0.25, -0.2) is 0 Å². The Morgan fingerprint density at radius 3 is 2.60 bits per heavy atom. The van der Waals surface area contributed by atoms with Gasteiger partial charge in [-0.1, -0.05) is 25.4 Å². The van der Waals surface area contributed by atoms with E-state index in [2.05, 4.69) is 28.9 Å². The molecule has 0 aliphatic carbocycles. The van der Waals surface area contributed by atoms with Gasteiger partial charge in [-0.3, -0.25) is 0 Å². The number of halogens is 1. The first-order valence-corrected chi connectivity index (χ1v) is 5.76. The molecule has 1 aliphatic rings. The molecule has 2 rings (SSSR count). The molecule has 2 unspecified atom stereocenters. The predicted octanol–water partition coefficient (Wildman–Crippen LogP) is 2.61. The first-order valence-electron chi connectivity index (χ1n) is 5.38. The van der Waals surface area contributed by atoms with Crippen molar-refractivity contribution in [3.05, 3.63) is 17.4 Å². The molecule has 82 valence electrons. The summed E-state index contributed by atoms with van der Waals surface area (Å²) in [5, 5.41) is 8.12. The van der Waals surface area contributed by atoms with Crippen LogP contribution < -0.4 is 4.90 Å². The van der Waals surface area contributed by atoms with E-state index in [0.717, 1.165) is 30.6 Å². The van der Waals surface area contributed by atoms with Crippen molar-refractivity contribution in [2.75, 3.05) is 18.0 Å². The average Bonchev–Trinajstić information content (AvgIpc) is 2.16. The van der Waals surface area contributed by atoms with Crippen LogP contribution in [0, 0.1) is 11.8 Å². The van der Waals surface area contributed by atoms with E-state index in [1.807, 2.05) is 6.07 Å². The van der Waals surface area contributed by atoms with Crippen LogP contribution >= 0.6 is 11.6 Å². The lowest BCUT2D eigenvalue weighted by Gasteiger charge is -2.36. The molecule has 2 atom stereocenters. The molecule has 0 saturated carbocycles. The van der Waals surface area contributed by atoms with E-state index in [4.69, 9.17) is 11.6 Å². The Bertz CT molecular complexity index is 332. The normalized spacial score (nSPS) is 26.7. The quantitative estimate of drug-likeness (QED) is 0.736. The maximum Gasteiger partial charge on any atom is 0.153 e. The fraction of sp³-hybridized carbons (Fsp3) is 0.636. The summed E-state index contributed by atoms with van der Waals surface area (Å²) in [6, 6.07) is 1.89. The Morgan fingerprint density at radius 2 is 2.00 bits per heavy atom. The van der Waals surface area contributed by atoms with Crippen molar-refractivity contribution in [2.45, 2.75) is 20.3 Å². The second kappa shape index (κ2) is 4.35. The van der Waals surface area contributed by atoms with E-state index in [1.165, 1.54) is 6.42 Å². The molecule has 0 N–H and O–H groups in total. The highest BCUT2D eigenvalue weighted by Gasteiger charge is 2.22. The summed E-state index contributed by atoms with van der Waals surface area (Å²) >= 11 is 5.84. The molecule has 0 spiro atoms. The topological polar surface area (TPSA) is 29.0 Å². The molecule has 0 radical (unpaired) electrons. The molecule has 3 nitrogen and oxygen atoms in total. The van der Waals surface area contributed by atoms with Gasteiger partial charge in [-0.15, -0.1) is 5.10 Å². The lowest BCUT2D eigenvalue weighted by Crippen LogP contribution is -2.38. The van der Waals surface area contributed by atoms with E-state index in [0.29, 0.717) is 5.15 Å². The highest BCUT2D eigenvalue weighted by molar-refractivity contribution is 6.29. The average molecular weight is 226 g/mol. The number of piperidine rings is 1. The second-order valence-corrected chi connectivity index (χ2v) is 4.97. The maximum absolute atomic E-state index is 5.84. The van der Waals surface area contributed by atoms with E-state index in [9.17, 15) is 0 Å². The molecule has 0 aromatic carbocycles. The smallest absolute Gasteiger partial charge is 0.153 e. The number of anilines is 1. The van der Waals surface area contributed by atoms with Gasteiger partial charge in [0.25, 0.3) is 0 Å². The molecule has 4 heteroatoms. The third-order valence-corrected chi connectivity index (χ3v) is 3.03. The molecule has 2 heterocycles. The Hall–Kier alpha value is -0.830. The van der Waals surface area contributed by atoms with Gasteiger partial charge >= 0.3 is 0 Å². The fourth-order valence-corrected chi connectivity index (χ4v) is 2.53. The third kappa shape index (κ3) is 2.59. The van der Waals surface area contributed by atoms with Gasteiger partial charge in [0.05, 0.1) is 11.9 Å². The molecule has 1 aromatic rings. The molecule has 1 aromatic heterocycles. The monoisotopic (exact) mass is 225 g/mol. The SMILES string of the molecule is CC1CC(C)CN(c2cnnc(Cl)c2)C1. The predicted molar refractivity (Wildman–Crippen MR) is 62.2 cm³/mol. The van der Waals surface area contributed by atoms with Gasteiger partial charge < -0.3 is 4.90 Å². The zero-order chi connectivity index (χ0) is 10.8. The van der Waals surface area contributed by atoms with Crippen molar-refractivity contribution in [1.82, 2.24) is 10.2 Å². The Kier molecular flexibility index (Phi) is 3.10. The minimum absolute atomic E-state index is 0.471. The van der Waals surface area contributed by atoms with Crippen LogP contribution in [0.1, 0.15) is 20.3 Å². The number of aromatic nitrogens is 2. The number of hydrogen-bond donors (Lipinski definition) is 0. The largest absolute Gasteiger partial charge is 0.370 e. The number of rotatable bonds is 1. The number of nitrogens with zero attached hydrogens (tertiary/aromatic N) is 3. The third-order valence-electron chi connectivity index (χ3n) is 2.84. The summed E-state index contributed by atoms with van der Waals surface area (Å²) in [4.78, 5) is 2.35. The summed E-state index contributed by atoms with van der Waals surface area (Å²) in [5.74, 6) is 1.47. The van der Waals surface area contributed by atoms with Crippen LogP contribution in [0.4, 0.5) is 5.69 Å². The van der Waals surface area contributed by atoms with Crippen molar-refractivity contribution in [3.63, 3.8) is 0 Å². The number of hydrogen-bond acceptors (Lipinski definition) is 3. The van der Waals surface area contributed by atoms with Gasteiger partial charge in [0.15, 0.2) is 5.15 Å². The van der Waals surface area contributed by atoms with E-state index in [1.54, 1.807) is 6.20 Å². The fourth-order valence-electron chi connectivity index (χ4n) is 2.38. The van der Waals surface area contributed by atoms with Gasteiger partial charge in [-0.05, 0) is 18.3 Å².